The van der Waals surface area contributed by atoms with Gasteiger partial charge in [0.05, 0.1) is 0 Å². The monoisotopic (exact) mass is 236 g/mol. The third-order valence-electron chi connectivity index (χ3n) is 3.08. The molecule has 0 saturated heterocycles. The maximum atomic E-state index is 5.53. The molecule has 2 unspecified atom stereocenters. The number of rotatable bonds is 3. The number of aromatic nitrogens is 2. The number of hydrogen-bond donors (Lipinski definition) is 2. The molecule has 1 fully saturated rings. The first-order chi connectivity index (χ1) is 7.66. The van der Waals surface area contributed by atoms with Gasteiger partial charge in [-0.25, -0.2) is 9.97 Å². The van der Waals surface area contributed by atoms with Crippen molar-refractivity contribution in [2.75, 3.05) is 5.32 Å². The van der Waals surface area contributed by atoms with Crippen LogP contribution in [0.1, 0.15) is 31.9 Å². The summed E-state index contributed by atoms with van der Waals surface area (Å²) in [4.78, 5) is 8.77. The first kappa shape index (κ1) is 11.3. The minimum atomic E-state index is 0.310. The van der Waals surface area contributed by atoms with Gasteiger partial charge < -0.3 is 11.1 Å². The zero-order valence-electron chi connectivity index (χ0n) is 9.31. The van der Waals surface area contributed by atoms with Crippen LogP contribution < -0.4 is 11.1 Å². The average Bonchev–Trinajstić information content (AvgIpc) is 2.65. The maximum absolute atomic E-state index is 5.53. The summed E-state index contributed by atoms with van der Waals surface area (Å²) in [5.41, 5.74) is 6.15. The van der Waals surface area contributed by atoms with E-state index in [0.29, 0.717) is 28.6 Å². The average molecular weight is 236 g/mol. The Kier molecular flexibility index (Phi) is 3.33. The lowest BCUT2D eigenvalue weighted by atomic mass is 10.1. The van der Waals surface area contributed by atoms with Crippen LogP contribution in [0.5, 0.6) is 0 Å². The molecule has 1 saturated carbocycles. The second-order valence-corrected chi connectivity index (χ2v) is 4.73. The van der Waals surface area contributed by atoms with E-state index in [1.165, 1.54) is 19.3 Å². The number of thiocarbonyl (C=S) groups is 1. The summed E-state index contributed by atoms with van der Waals surface area (Å²) in [7, 11) is 0. The van der Waals surface area contributed by atoms with Gasteiger partial charge in [-0.3, -0.25) is 0 Å². The van der Waals surface area contributed by atoms with Gasteiger partial charge in [0.25, 0.3) is 0 Å². The van der Waals surface area contributed by atoms with Crippen molar-refractivity contribution in [3.8, 4) is 0 Å². The number of nitrogens with zero attached hydrogens (tertiary/aromatic N) is 2. The summed E-state index contributed by atoms with van der Waals surface area (Å²) in [6, 6.07) is 2.20. The van der Waals surface area contributed by atoms with E-state index in [1.807, 2.05) is 0 Å². The van der Waals surface area contributed by atoms with Crippen molar-refractivity contribution in [1.29, 1.82) is 0 Å². The summed E-state index contributed by atoms with van der Waals surface area (Å²) in [5, 5.41) is 3.35. The standard InChI is InChI=1S/C11H16N4S/c1-7-3-2-4-8(7)14-11-13-6-5-9(15-11)10(12)16/h5-8H,2-4H2,1H3,(H2,12,16)(H,13,14,15). The molecule has 0 aromatic carbocycles. The van der Waals surface area contributed by atoms with Crippen LogP contribution >= 0.6 is 12.2 Å². The lowest BCUT2D eigenvalue weighted by molar-refractivity contribution is 0.553. The van der Waals surface area contributed by atoms with E-state index in [2.05, 4.69) is 22.2 Å². The van der Waals surface area contributed by atoms with Gasteiger partial charge in [-0.2, -0.15) is 0 Å². The molecule has 1 aromatic heterocycles. The summed E-state index contributed by atoms with van der Waals surface area (Å²) in [5.74, 6) is 1.31. The second kappa shape index (κ2) is 4.74. The Morgan fingerprint density at radius 2 is 2.38 bits per heavy atom. The zero-order valence-corrected chi connectivity index (χ0v) is 10.1. The van der Waals surface area contributed by atoms with Gasteiger partial charge in [0.2, 0.25) is 5.95 Å². The first-order valence-electron chi connectivity index (χ1n) is 5.56. The Morgan fingerprint density at radius 1 is 1.56 bits per heavy atom. The summed E-state index contributed by atoms with van der Waals surface area (Å²) >= 11 is 4.89. The predicted octanol–water partition coefficient (Wildman–Crippen LogP) is 1.71. The lowest BCUT2D eigenvalue weighted by Crippen LogP contribution is -2.24. The van der Waals surface area contributed by atoms with Crippen molar-refractivity contribution in [2.24, 2.45) is 11.7 Å². The van der Waals surface area contributed by atoms with Crippen LogP contribution in [0.2, 0.25) is 0 Å². The van der Waals surface area contributed by atoms with E-state index in [1.54, 1.807) is 12.3 Å². The van der Waals surface area contributed by atoms with Crippen molar-refractivity contribution in [1.82, 2.24) is 9.97 Å². The highest BCUT2D eigenvalue weighted by Crippen LogP contribution is 2.26. The SMILES string of the molecule is CC1CCCC1Nc1nccc(C(N)=S)n1. The molecule has 2 atom stereocenters. The normalized spacial score (nSPS) is 24.3. The molecule has 86 valence electrons. The van der Waals surface area contributed by atoms with Crippen molar-refractivity contribution in [3.63, 3.8) is 0 Å². The first-order valence-corrected chi connectivity index (χ1v) is 5.97. The molecule has 1 heterocycles. The summed E-state index contributed by atoms with van der Waals surface area (Å²) < 4.78 is 0. The van der Waals surface area contributed by atoms with Gasteiger partial charge in [0.1, 0.15) is 10.7 Å². The van der Waals surface area contributed by atoms with Gasteiger partial charge in [-0.1, -0.05) is 25.6 Å². The second-order valence-electron chi connectivity index (χ2n) is 4.29. The number of nitrogens with one attached hydrogen (secondary N) is 1. The Labute approximate surface area is 101 Å². The molecule has 0 aliphatic heterocycles. The van der Waals surface area contributed by atoms with Crippen LogP contribution in [-0.4, -0.2) is 21.0 Å². The molecule has 4 nitrogen and oxygen atoms in total. The van der Waals surface area contributed by atoms with Gasteiger partial charge in [-0.15, -0.1) is 0 Å². The van der Waals surface area contributed by atoms with Gasteiger partial charge in [-0.05, 0) is 24.8 Å². The van der Waals surface area contributed by atoms with Gasteiger partial charge >= 0.3 is 0 Å². The molecule has 1 aliphatic rings. The van der Waals surface area contributed by atoms with E-state index in [9.17, 15) is 0 Å². The molecule has 0 bridgehead atoms. The highest BCUT2D eigenvalue weighted by Gasteiger charge is 2.23. The molecular formula is C11H16N4S. The zero-order chi connectivity index (χ0) is 11.5. The Morgan fingerprint density at radius 3 is 3.00 bits per heavy atom. The lowest BCUT2D eigenvalue weighted by Gasteiger charge is -2.17. The fraction of sp³-hybridized carbons (Fsp3) is 0.545. The molecule has 16 heavy (non-hydrogen) atoms. The van der Waals surface area contributed by atoms with Crippen molar-refractivity contribution < 1.29 is 0 Å². The minimum absolute atomic E-state index is 0.310. The number of nitrogens with two attached hydrogens (primary N) is 1. The van der Waals surface area contributed by atoms with E-state index in [-0.39, 0.29) is 0 Å². The van der Waals surface area contributed by atoms with Crippen LogP contribution in [0, 0.1) is 5.92 Å². The largest absolute Gasteiger partial charge is 0.388 e. The quantitative estimate of drug-likeness (QED) is 0.782. The molecule has 1 aliphatic carbocycles. The van der Waals surface area contributed by atoms with Crippen LogP contribution in [-0.2, 0) is 0 Å². The van der Waals surface area contributed by atoms with Crippen molar-refractivity contribution >= 4 is 23.2 Å². The van der Waals surface area contributed by atoms with Crippen molar-refractivity contribution in [3.05, 3.63) is 18.0 Å². The highest BCUT2D eigenvalue weighted by atomic mass is 32.1. The van der Waals surface area contributed by atoms with E-state index in [4.69, 9.17) is 18.0 Å². The van der Waals surface area contributed by atoms with E-state index >= 15 is 0 Å². The van der Waals surface area contributed by atoms with E-state index < -0.39 is 0 Å². The molecule has 0 radical (unpaired) electrons. The van der Waals surface area contributed by atoms with Crippen LogP contribution in [0.3, 0.4) is 0 Å². The molecule has 0 amide bonds. The summed E-state index contributed by atoms with van der Waals surface area (Å²) in [6.07, 6.45) is 5.41. The van der Waals surface area contributed by atoms with Gasteiger partial charge in [0, 0.05) is 12.2 Å². The highest BCUT2D eigenvalue weighted by molar-refractivity contribution is 7.80. The fourth-order valence-corrected chi connectivity index (χ4v) is 2.20. The van der Waals surface area contributed by atoms with Crippen LogP contribution in [0.25, 0.3) is 0 Å². The molecule has 1 aromatic rings. The minimum Gasteiger partial charge on any atom is -0.388 e. The molecule has 2 rings (SSSR count). The van der Waals surface area contributed by atoms with Crippen LogP contribution in [0.4, 0.5) is 5.95 Å². The molecule has 5 heteroatoms. The third kappa shape index (κ3) is 2.47. The molecular weight excluding hydrogens is 220 g/mol. The van der Waals surface area contributed by atoms with Crippen LogP contribution in [0.15, 0.2) is 12.3 Å². The number of hydrogen-bond acceptors (Lipinski definition) is 4. The van der Waals surface area contributed by atoms with E-state index in [0.717, 1.165) is 0 Å². The third-order valence-corrected chi connectivity index (χ3v) is 3.29. The predicted molar refractivity (Wildman–Crippen MR) is 68.3 cm³/mol. The Hall–Kier alpha value is -1.23. The summed E-state index contributed by atoms with van der Waals surface area (Å²) in [6.45, 7) is 2.25. The fourth-order valence-electron chi connectivity index (χ4n) is 2.09. The smallest absolute Gasteiger partial charge is 0.223 e. The molecule has 0 spiro atoms. The maximum Gasteiger partial charge on any atom is 0.223 e. The van der Waals surface area contributed by atoms with Crippen molar-refractivity contribution in [2.45, 2.75) is 32.2 Å². The Bertz CT molecular complexity index is 393. The molecule has 3 N–H and O–H groups in total. The Balaban J connectivity index is 2.09. The van der Waals surface area contributed by atoms with Gasteiger partial charge in [0.15, 0.2) is 0 Å². The topological polar surface area (TPSA) is 63.8 Å². The number of anilines is 1.